The van der Waals surface area contributed by atoms with Crippen LogP contribution in [0.5, 0.6) is 0 Å². The number of allylic oxidation sites excluding steroid dienone is 4. The van der Waals surface area contributed by atoms with Crippen LogP contribution < -0.4 is 5.32 Å². The van der Waals surface area contributed by atoms with Crippen LogP contribution in [0.4, 0.5) is 0 Å². The van der Waals surface area contributed by atoms with Gasteiger partial charge in [-0.25, -0.2) is 0 Å². The predicted molar refractivity (Wildman–Crippen MR) is 264 cm³/mol. The summed E-state index contributed by atoms with van der Waals surface area (Å²) < 4.78 is 0. The minimum absolute atomic E-state index is 0.239. The summed E-state index contributed by atoms with van der Waals surface area (Å²) in [5, 5.41) is 3.39. The Kier molecular flexibility index (Phi) is 51.1. The molecule has 0 aliphatic carbocycles. The molecule has 0 aliphatic rings. The van der Waals surface area contributed by atoms with E-state index in [4.69, 9.17) is 0 Å². The van der Waals surface area contributed by atoms with E-state index in [9.17, 15) is 4.79 Å². The van der Waals surface area contributed by atoms with Crippen molar-refractivity contribution in [3.63, 3.8) is 0 Å². The van der Waals surface area contributed by atoms with Crippen molar-refractivity contribution in [1.29, 1.82) is 0 Å². The molecule has 1 N–H and O–H groups in total. The molecule has 0 aromatic carbocycles. The molecule has 0 rings (SSSR count). The smallest absolute Gasteiger partial charge is 0.223 e. The summed E-state index contributed by atoms with van der Waals surface area (Å²) in [5.74, 6) is 0.603. The van der Waals surface area contributed by atoms with Gasteiger partial charge >= 0.3 is 0 Å². The van der Waals surface area contributed by atoms with E-state index >= 15 is 0 Å². The molecule has 0 saturated heterocycles. The van der Waals surface area contributed by atoms with Crippen molar-refractivity contribution in [2.45, 2.75) is 316 Å². The van der Waals surface area contributed by atoms with E-state index in [0.717, 1.165) is 25.8 Å². The first-order chi connectivity index (χ1) is 28.8. The average Bonchev–Trinajstić information content (AvgIpc) is 3.23. The maximum atomic E-state index is 13.3. The van der Waals surface area contributed by atoms with Gasteiger partial charge in [0.1, 0.15) is 0 Å². The van der Waals surface area contributed by atoms with E-state index in [1.54, 1.807) is 0 Å². The fourth-order valence-electron chi connectivity index (χ4n) is 8.71. The normalized spacial score (nSPS) is 12.4. The van der Waals surface area contributed by atoms with E-state index in [2.05, 4.69) is 50.4 Å². The second-order valence-corrected chi connectivity index (χ2v) is 18.7. The van der Waals surface area contributed by atoms with Gasteiger partial charge in [-0.15, -0.1) is 0 Å². The molecule has 1 amide bonds. The fourth-order valence-corrected chi connectivity index (χ4v) is 8.71. The molecule has 0 bridgehead atoms. The van der Waals surface area contributed by atoms with Crippen molar-refractivity contribution in [2.24, 2.45) is 5.92 Å². The Morgan fingerprint density at radius 1 is 0.310 bits per heavy atom. The summed E-state index contributed by atoms with van der Waals surface area (Å²) in [5.41, 5.74) is 0. The number of unbranched alkanes of at least 4 members (excludes halogenated alkanes) is 39. The first-order valence-electron chi connectivity index (χ1n) is 27.3. The molecule has 58 heavy (non-hydrogen) atoms. The minimum atomic E-state index is 0.239. The maximum absolute atomic E-state index is 13.3. The lowest BCUT2D eigenvalue weighted by Gasteiger charge is -2.17. The fraction of sp³-hybridized carbons (Fsp3) is 0.911. The summed E-state index contributed by atoms with van der Waals surface area (Å²) in [6.45, 7) is 7.77. The number of carbonyl (C=O) groups is 1. The van der Waals surface area contributed by atoms with Crippen LogP contribution in [0.25, 0.3) is 0 Å². The summed E-state index contributed by atoms with van der Waals surface area (Å²) in [6, 6.07) is 0. The average molecular weight is 812 g/mol. The topological polar surface area (TPSA) is 29.1 Å². The van der Waals surface area contributed by atoms with E-state index < -0.39 is 0 Å². The highest BCUT2D eigenvalue weighted by Crippen LogP contribution is 2.21. The second-order valence-electron chi connectivity index (χ2n) is 18.7. The molecule has 0 aromatic heterocycles. The number of amides is 1. The van der Waals surface area contributed by atoms with Crippen LogP contribution in [-0.4, -0.2) is 12.5 Å². The van der Waals surface area contributed by atoms with Gasteiger partial charge in [0.15, 0.2) is 0 Å². The summed E-state index contributed by atoms with van der Waals surface area (Å²) in [6.07, 6.45) is 71.9. The lowest BCUT2D eigenvalue weighted by atomic mass is 9.93. The molecule has 0 spiro atoms. The third-order valence-corrected chi connectivity index (χ3v) is 12.8. The van der Waals surface area contributed by atoms with Crippen LogP contribution in [0, 0.1) is 5.92 Å². The van der Waals surface area contributed by atoms with Crippen molar-refractivity contribution >= 4 is 5.91 Å². The van der Waals surface area contributed by atoms with Gasteiger partial charge in [-0.1, -0.05) is 270 Å². The first kappa shape index (κ1) is 57.0. The van der Waals surface area contributed by atoms with E-state index in [1.807, 2.05) is 0 Å². The number of carbonyl (C=O) groups excluding carboxylic acids is 1. The molecule has 2 nitrogen and oxygen atoms in total. The Hall–Kier alpha value is -1.05. The molecule has 0 heterocycles. The Labute approximate surface area is 367 Å². The van der Waals surface area contributed by atoms with Gasteiger partial charge in [-0.05, 0) is 70.6 Å². The van der Waals surface area contributed by atoms with E-state index in [-0.39, 0.29) is 5.92 Å². The molecule has 344 valence electrons. The number of hydrogen-bond donors (Lipinski definition) is 1. The van der Waals surface area contributed by atoms with Crippen LogP contribution in [0.3, 0.4) is 0 Å². The van der Waals surface area contributed by atoms with Gasteiger partial charge in [0.05, 0.1) is 0 Å². The second kappa shape index (κ2) is 52.1. The molecule has 0 saturated carbocycles. The minimum Gasteiger partial charge on any atom is -0.356 e. The van der Waals surface area contributed by atoms with Crippen LogP contribution >= 0.6 is 0 Å². The van der Waals surface area contributed by atoms with E-state index in [0.29, 0.717) is 5.91 Å². The van der Waals surface area contributed by atoms with Crippen LogP contribution in [-0.2, 0) is 4.79 Å². The van der Waals surface area contributed by atoms with Crippen molar-refractivity contribution in [3.8, 4) is 0 Å². The third kappa shape index (κ3) is 47.6. The van der Waals surface area contributed by atoms with E-state index in [1.165, 1.54) is 276 Å². The predicted octanol–water partition coefficient (Wildman–Crippen LogP) is 19.8. The van der Waals surface area contributed by atoms with Crippen molar-refractivity contribution in [1.82, 2.24) is 5.32 Å². The quantitative estimate of drug-likeness (QED) is 0.0481. The summed E-state index contributed by atoms with van der Waals surface area (Å²) >= 11 is 0. The number of hydrogen-bond acceptors (Lipinski definition) is 1. The van der Waals surface area contributed by atoms with Gasteiger partial charge in [0.2, 0.25) is 5.91 Å². The van der Waals surface area contributed by atoms with Gasteiger partial charge in [0.25, 0.3) is 0 Å². The zero-order valence-electron chi connectivity index (χ0n) is 40.5. The summed E-state index contributed by atoms with van der Waals surface area (Å²) in [4.78, 5) is 13.3. The summed E-state index contributed by atoms with van der Waals surface area (Å²) in [7, 11) is 0. The molecule has 0 aliphatic heterocycles. The van der Waals surface area contributed by atoms with Crippen LogP contribution in [0.15, 0.2) is 24.3 Å². The van der Waals surface area contributed by atoms with Gasteiger partial charge < -0.3 is 5.32 Å². The Bertz CT molecular complexity index is 815. The zero-order valence-corrected chi connectivity index (χ0v) is 40.5. The van der Waals surface area contributed by atoms with Crippen molar-refractivity contribution in [3.05, 3.63) is 24.3 Å². The third-order valence-electron chi connectivity index (χ3n) is 12.8. The SMILES string of the molecule is CCCCCCCC/C=C\CCCCCCCCCCCCC(CCCCCCCCCCCCCC)C(=O)NCCCCCCCC/C=C/CCCCCCCC. The van der Waals surface area contributed by atoms with Gasteiger partial charge in [-0.2, -0.15) is 0 Å². The highest BCUT2D eigenvalue weighted by Gasteiger charge is 2.17. The highest BCUT2D eigenvalue weighted by molar-refractivity contribution is 5.78. The zero-order chi connectivity index (χ0) is 41.9. The molecule has 0 aromatic rings. The largest absolute Gasteiger partial charge is 0.356 e. The molecular formula is C56H109NO. The molecular weight excluding hydrogens is 703 g/mol. The Balaban J connectivity index is 4.08. The Morgan fingerprint density at radius 3 is 0.810 bits per heavy atom. The number of nitrogens with one attached hydrogen (secondary N) is 1. The lowest BCUT2D eigenvalue weighted by Crippen LogP contribution is -2.31. The van der Waals surface area contributed by atoms with Crippen molar-refractivity contribution < 1.29 is 4.79 Å². The van der Waals surface area contributed by atoms with Crippen molar-refractivity contribution in [2.75, 3.05) is 6.54 Å². The van der Waals surface area contributed by atoms with Gasteiger partial charge in [-0.3, -0.25) is 4.79 Å². The first-order valence-corrected chi connectivity index (χ1v) is 27.3. The molecule has 0 fully saturated rings. The monoisotopic (exact) mass is 812 g/mol. The lowest BCUT2D eigenvalue weighted by molar-refractivity contribution is -0.125. The molecule has 0 radical (unpaired) electrons. The molecule has 1 atom stereocenters. The van der Waals surface area contributed by atoms with Crippen LogP contribution in [0.1, 0.15) is 316 Å². The highest BCUT2D eigenvalue weighted by atomic mass is 16.1. The van der Waals surface area contributed by atoms with Crippen LogP contribution in [0.2, 0.25) is 0 Å². The molecule has 1 unspecified atom stereocenters. The molecule has 2 heteroatoms. The Morgan fingerprint density at radius 2 is 0.534 bits per heavy atom. The standard InChI is InChI=1S/C56H109NO/c1-4-7-10-13-16-19-22-25-27-29-30-31-32-33-35-38-41-44-47-50-53-55(52-49-46-43-40-37-24-21-18-15-12-9-6-3)56(58)57-54-51-48-45-42-39-36-34-28-26-23-20-17-14-11-8-5-2/h25-28,55H,4-24,29-54H2,1-3H3,(H,57,58)/b27-25-,28-26+. The number of rotatable bonds is 50. The maximum Gasteiger partial charge on any atom is 0.223 e. The van der Waals surface area contributed by atoms with Gasteiger partial charge in [0, 0.05) is 12.5 Å².